The summed E-state index contributed by atoms with van der Waals surface area (Å²) in [7, 11) is 1.89. The number of aryl methyl sites for hydroxylation is 1. The van der Waals surface area contributed by atoms with E-state index in [0.717, 1.165) is 5.69 Å². The zero-order chi connectivity index (χ0) is 9.26. The molecule has 0 atom stereocenters. The summed E-state index contributed by atoms with van der Waals surface area (Å²) >= 11 is 5.56. The Balaban J connectivity index is 2.41. The minimum absolute atomic E-state index is 0.290. The first kappa shape index (κ1) is 8.31. The number of imidazole rings is 1. The largest absolute Gasteiger partial charge is 0.438 e. The summed E-state index contributed by atoms with van der Waals surface area (Å²) < 4.78 is 7.21. The molecule has 4 nitrogen and oxygen atoms in total. The molecule has 0 bridgehead atoms. The molecule has 0 aliphatic heterocycles. The van der Waals surface area contributed by atoms with Gasteiger partial charge >= 0.3 is 0 Å². The molecule has 68 valence electrons. The fourth-order valence-electron chi connectivity index (χ4n) is 1.09. The van der Waals surface area contributed by atoms with Crippen LogP contribution in [0.3, 0.4) is 0 Å². The number of rotatable bonds is 2. The molecule has 0 aliphatic rings. The molecule has 2 rings (SSSR count). The summed E-state index contributed by atoms with van der Waals surface area (Å²) in [4.78, 5) is 7.97. The topological polar surface area (TPSA) is 43.9 Å². The molecule has 0 aliphatic carbocycles. The van der Waals surface area contributed by atoms with Gasteiger partial charge in [-0.15, -0.1) is 11.6 Å². The average Bonchev–Trinajstić information content (AvgIpc) is 2.71. The lowest BCUT2D eigenvalue weighted by atomic mass is 10.4. The number of halogens is 1. The summed E-state index contributed by atoms with van der Waals surface area (Å²) in [5.41, 5.74) is 0.892. The van der Waals surface area contributed by atoms with Crippen LogP contribution in [-0.4, -0.2) is 14.5 Å². The summed E-state index contributed by atoms with van der Waals surface area (Å²) in [5.74, 6) is 1.51. The standard InChI is InChI=1S/C8H8ClN3O/c1-12-5-10-3-6(12)7-4-11-8(2-9)13-7/h3-5H,2H2,1H3. The Kier molecular flexibility index (Phi) is 2.06. The Morgan fingerprint density at radius 1 is 1.54 bits per heavy atom. The molecule has 0 radical (unpaired) electrons. The molecule has 13 heavy (non-hydrogen) atoms. The number of hydrogen-bond donors (Lipinski definition) is 0. The number of alkyl halides is 1. The predicted octanol–water partition coefficient (Wildman–Crippen LogP) is 1.81. The number of nitrogens with zero attached hydrogens (tertiary/aromatic N) is 3. The number of oxazole rings is 1. The van der Waals surface area contributed by atoms with E-state index in [0.29, 0.717) is 11.7 Å². The van der Waals surface area contributed by atoms with Gasteiger partial charge in [-0.25, -0.2) is 9.97 Å². The average molecular weight is 198 g/mol. The second kappa shape index (κ2) is 3.22. The molecule has 0 saturated carbocycles. The first-order chi connectivity index (χ1) is 6.31. The molecular weight excluding hydrogens is 190 g/mol. The maximum Gasteiger partial charge on any atom is 0.209 e. The molecule has 0 fully saturated rings. The molecule has 0 saturated heterocycles. The highest BCUT2D eigenvalue weighted by Gasteiger charge is 2.08. The van der Waals surface area contributed by atoms with Crippen molar-refractivity contribution >= 4 is 11.6 Å². The third-order valence-corrected chi connectivity index (χ3v) is 1.97. The monoisotopic (exact) mass is 197 g/mol. The van der Waals surface area contributed by atoms with E-state index in [-0.39, 0.29) is 5.88 Å². The highest BCUT2D eigenvalue weighted by atomic mass is 35.5. The predicted molar refractivity (Wildman–Crippen MR) is 48.3 cm³/mol. The van der Waals surface area contributed by atoms with E-state index in [9.17, 15) is 0 Å². The SMILES string of the molecule is Cn1cncc1-c1cnc(CCl)o1. The lowest BCUT2D eigenvalue weighted by molar-refractivity contribution is 0.525. The highest BCUT2D eigenvalue weighted by molar-refractivity contribution is 6.16. The van der Waals surface area contributed by atoms with Gasteiger partial charge in [0.1, 0.15) is 5.69 Å². The molecule has 0 aromatic carbocycles. The van der Waals surface area contributed by atoms with Crippen molar-refractivity contribution in [1.82, 2.24) is 14.5 Å². The second-order valence-electron chi connectivity index (χ2n) is 2.64. The van der Waals surface area contributed by atoms with Gasteiger partial charge in [0.05, 0.1) is 24.6 Å². The third-order valence-electron chi connectivity index (χ3n) is 1.74. The van der Waals surface area contributed by atoms with Crippen molar-refractivity contribution in [2.45, 2.75) is 5.88 Å². The van der Waals surface area contributed by atoms with Gasteiger partial charge in [0, 0.05) is 7.05 Å². The zero-order valence-electron chi connectivity index (χ0n) is 7.07. The Morgan fingerprint density at radius 2 is 2.38 bits per heavy atom. The lowest BCUT2D eigenvalue weighted by Crippen LogP contribution is -1.86. The van der Waals surface area contributed by atoms with E-state index in [1.54, 1.807) is 18.7 Å². The van der Waals surface area contributed by atoms with Crippen molar-refractivity contribution in [3.8, 4) is 11.5 Å². The van der Waals surface area contributed by atoms with Gasteiger partial charge in [-0.2, -0.15) is 0 Å². The normalized spacial score (nSPS) is 10.6. The van der Waals surface area contributed by atoms with Crippen LogP contribution in [0.15, 0.2) is 23.1 Å². The third kappa shape index (κ3) is 1.45. The van der Waals surface area contributed by atoms with Gasteiger partial charge < -0.3 is 8.98 Å². The van der Waals surface area contributed by atoms with Gasteiger partial charge in [0.25, 0.3) is 0 Å². The second-order valence-corrected chi connectivity index (χ2v) is 2.91. The number of aromatic nitrogens is 3. The number of hydrogen-bond acceptors (Lipinski definition) is 3. The Hall–Kier alpha value is -1.29. The van der Waals surface area contributed by atoms with Crippen LogP contribution in [0.25, 0.3) is 11.5 Å². The summed E-state index contributed by atoms with van der Waals surface area (Å²) in [6, 6.07) is 0. The molecular formula is C8H8ClN3O. The van der Waals surface area contributed by atoms with Crippen LogP contribution >= 0.6 is 11.6 Å². The van der Waals surface area contributed by atoms with E-state index in [2.05, 4.69) is 9.97 Å². The highest BCUT2D eigenvalue weighted by Crippen LogP contribution is 2.19. The van der Waals surface area contributed by atoms with Crippen molar-refractivity contribution < 1.29 is 4.42 Å². The van der Waals surface area contributed by atoms with Crippen molar-refractivity contribution in [2.24, 2.45) is 7.05 Å². The Bertz CT molecular complexity index is 407. The summed E-state index contributed by atoms with van der Waals surface area (Å²) in [5, 5.41) is 0. The molecule has 2 aromatic heterocycles. The van der Waals surface area contributed by atoms with Crippen molar-refractivity contribution in [2.75, 3.05) is 0 Å². The van der Waals surface area contributed by atoms with Crippen LogP contribution in [0, 0.1) is 0 Å². The van der Waals surface area contributed by atoms with Crippen molar-refractivity contribution in [3.63, 3.8) is 0 Å². The molecule has 2 aromatic rings. The van der Waals surface area contributed by atoms with Gasteiger partial charge in [0.15, 0.2) is 5.76 Å². The molecule has 2 heterocycles. The minimum Gasteiger partial charge on any atom is -0.438 e. The van der Waals surface area contributed by atoms with Crippen molar-refractivity contribution in [3.05, 3.63) is 24.6 Å². The van der Waals surface area contributed by atoms with E-state index < -0.39 is 0 Å². The van der Waals surface area contributed by atoms with Crippen LogP contribution in [0.1, 0.15) is 5.89 Å². The Morgan fingerprint density at radius 3 is 2.92 bits per heavy atom. The lowest BCUT2D eigenvalue weighted by Gasteiger charge is -1.95. The van der Waals surface area contributed by atoms with Gasteiger partial charge in [-0.3, -0.25) is 0 Å². The molecule has 0 N–H and O–H groups in total. The fraction of sp³-hybridized carbons (Fsp3) is 0.250. The molecule has 0 spiro atoms. The van der Waals surface area contributed by atoms with Crippen LogP contribution in [-0.2, 0) is 12.9 Å². The zero-order valence-corrected chi connectivity index (χ0v) is 7.82. The molecule has 0 amide bonds. The first-order valence-electron chi connectivity index (χ1n) is 3.78. The van der Waals surface area contributed by atoms with E-state index >= 15 is 0 Å². The van der Waals surface area contributed by atoms with Crippen LogP contribution in [0.2, 0.25) is 0 Å². The van der Waals surface area contributed by atoms with E-state index in [1.807, 2.05) is 11.6 Å². The smallest absolute Gasteiger partial charge is 0.209 e. The van der Waals surface area contributed by atoms with Crippen LogP contribution in [0.5, 0.6) is 0 Å². The van der Waals surface area contributed by atoms with Gasteiger partial charge in [0.2, 0.25) is 5.89 Å². The van der Waals surface area contributed by atoms with Gasteiger partial charge in [-0.05, 0) is 0 Å². The van der Waals surface area contributed by atoms with E-state index in [4.69, 9.17) is 16.0 Å². The minimum atomic E-state index is 0.290. The van der Waals surface area contributed by atoms with Gasteiger partial charge in [-0.1, -0.05) is 0 Å². The van der Waals surface area contributed by atoms with Crippen molar-refractivity contribution in [1.29, 1.82) is 0 Å². The van der Waals surface area contributed by atoms with E-state index in [1.165, 1.54) is 0 Å². The molecule has 0 unspecified atom stereocenters. The van der Waals surface area contributed by atoms with Crippen LogP contribution in [0.4, 0.5) is 0 Å². The first-order valence-corrected chi connectivity index (χ1v) is 4.32. The fourth-order valence-corrected chi connectivity index (χ4v) is 1.21. The summed E-state index contributed by atoms with van der Waals surface area (Å²) in [6.07, 6.45) is 5.07. The maximum absolute atomic E-state index is 5.56. The van der Waals surface area contributed by atoms with Crippen LogP contribution < -0.4 is 0 Å². The Labute approximate surface area is 80.2 Å². The molecule has 5 heteroatoms. The quantitative estimate of drug-likeness (QED) is 0.690. The summed E-state index contributed by atoms with van der Waals surface area (Å²) in [6.45, 7) is 0. The maximum atomic E-state index is 5.56.